The van der Waals surface area contributed by atoms with Gasteiger partial charge in [-0.25, -0.2) is 0 Å². The zero-order valence-corrected chi connectivity index (χ0v) is 13.8. The van der Waals surface area contributed by atoms with Crippen LogP contribution >= 0.6 is 22.6 Å². The van der Waals surface area contributed by atoms with Gasteiger partial charge in [0.05, 0.1) is 5.56 Å². The summed E-state index contributed by atoms with van der Waals surface area (Å²) in [5.41, 5.74) is 3.29. The molecule has 0 heterocycles. The molecule has 1 N–H and O–H groups in total. The first-order valence-electron chi connectivity index (χ1n) is 6.68. The van der Waals surface area contributed by atoms with Gasteiger partial charge in [-0.2, -0.15) is 0 Å². The fraction of sp³-hybridized carbons (Fsp3) is 0.235. The minimum atomic E-state index is -0.00363. The van der Waals surface area contributed by atoms with Crippen LogP contribution in [0, 0.1) is 10.5 Å². The van der Waals surface area contributed by atoms with Gasteiger partial charge in [-0.1, -0.05) is 36.4 Å². The predicted octanol–water partition coefficient (Wildman–Crippen LogP) is 3.96. The molecule has 2 aromatic carbocycles. The largest absolute Gasteiger partial charge is 0.349 e. The average molecular weight is 379 g/mol. The molecule has 0 aliphatic heterocycles. The molecule has 0 saturated carbocycles. The number of nitrogens with one attached hydrogen (secondary N) is 1. The minimum absolute atomic E-state index is 0.00363. The van der Waals surface area contributed by atoms with Crippen molar-refractivity contribution < 1.29 is 4.79 Å². The Balaban J connectivity index is 2.02. The van der Waals surface area contributed by atoms with E-state index in [9.17, 15) is 4.79 Å². The minimum Gasteiger partial charge on any atom is -0.349 e. The highest BCUT2D eigenvalue weighted by Crippen LogP contribution is 2.13. The number of rotatable bonds is 4. The van der Waals surface area contributed by atoms with Crippen molar-refractivity contribution in [1.29, 1.82) is 0 Å². The molecule has 0 aliphatic rings. The molecule has 1 atom stereocenters. The lowest BCUT2D eigenvalue weighted by atomic mass is 10.0. The zero-order valence-electron chi connectivity index (χ0n) is 11.7. The Kier molecular flexibility index (Phi) is 5.17. The van der Waals surface area contributed by atoms with Crippen molar-refractivity contribution in [2.24, 2.45) is 0 Å². The Hall–Kier alpha value is -1.36. The topological polar surface area (TPSA) is 29.1 Å². The second kappa shape index (κ2) is 6.88. The Morgan fingerprint density at radius 3 is 2.50 bits per heavy atom. The monoisotopic (exact) mass is 379 g/mol. The predicted molar refractivity (Wildman–Crippen MR) is 91.0 cm³/mol. The van der Waals surface area contributed by atoms with Crippen LogP contribution in [0.25, 0.3) is 0 Å². The van der Waals surface area contributed by atoms with Gasteiger partial charge in [-0.3, -0.25) is 4.79 Å². The summed E-state index contributed by atoms with van der Waals surface area (Å²) in [5, 5.41) is 3.07. The molecule has 1 amide bonds. The van der Waals surface area contributed by atoms with Gasteiger partial charge >= 0.3 is 0 Å². The van der Waals surface area contributed by atoms with Gasteiger partial charge in [-0.15, -0.1) is 0 Å². The Morgan fingerprint density at radius 1 is 1.15 bits per heavy atom. The first-order chi connectivity index (χ1) is 9.58. The Morgan fingerprint density at radius 2 is 1.80 bits per heavy atom. The van der Waals surface area contributed by atoms with Crippen LogP contribution in [0.15, 0.2) is 48.5 Å². The third kappa shape index (κ3) is 3.82. The van der Waals surface area contributed by atoms with E-state index in [0.717, 1.165) is 15.6 Å². The lowest BCUT2D eigenvalue weighted by Gasteiger charge is -2.16. The fourth-order valence-corrected chi connectivity index (χ4v) is 2.80. The Bertz CT molecular complexity index is 609. The lowest BCUT2D eigenvalue weighted by Crippen LogP contribution is -2.34. The maximum Gasteiger partial charge on any atom is 0.252 e. The molecule has 2 nitrogen and oxygen atoms in total. The summed E-state index contributed by atoms with van der Waals surface area (Å²) in [6.45, 7) is 4.14. The van der Waals surface area contributed by atoms with E-state index in [-0.39, 0.29) is 11.9 Å². The van der Waals surface area contributed by atoms with E-state index >= 15 is 0 Å². The normalized spacial score (nSPS) is 11.9. The van der Waals surface area contributed by atoms with Gasteiger partial charge < -0.3 is 5.32 Å². The summed E-state index contributed by atoms with van der Waals surface area (Å²) in [6.07, 6.45) is 0.849. The molecule has 20 heavy (non-hydrogen) atoms. The van der Waals surface area contributed by atoms with Gasteiger partial charge in [0, 0.05) is 9.61 Å². The number of amides is 1. The molecule has 0 aliphatic carbocycles. The van der Waals surface area contributed by atoms with Crippen LogP contribution in [0.4, 0.5) is 0 Å². The third-order valence-electron chi connectivity index (χ3n) is 3.28. The van der Waals surface area contributed by atoms with E-state index in [4.69, 9.17) is 0 Å². The van der Waals surface area contributed by atoms with Crippen molar-refractivity contribution in [1.82, 2.24) is 5.32 Å². The van der Waals surface area contributed by atoms with Crippen LogP contribution in [0.3, 0.4) is 0 Å². The van der Waals surface area contributed by atoms with Gasteiger partial charge in [0.25, 0.3) is 5.91 Å². The summed E-state index contributed by atoms with van der Waals surface area (Å²) < 4.78 is 0.977. The van der Waals surface area contributed by atoms with Gasteiger partial charge in [-0.05, 0) is 66.1 Å². The van der Waals surface area contributed by atoms with Crippen LogP contribution in [-0.2, 0) is 6.42 Å². The first kappa shape index (κ1) is 15.0. The van der Waals surface area contributed by atoms with Crippen LogP contribution in [0.1, 0.15) is 28.4 Å². The molecule has 0 radical (unpaired) electrons. The second-order valence-electron chi connectivity index (χ2n) is 4.98. The van der Waals surface area contributed by atoms with E-state index in [2.05, 4.69) is 47.0 Å². The van der Waals surface area contributed by atoms with E-state index in [1.54, 1.807) is 0 Å². The highest BCUT2D eigenvalue weighted by molar-refractivity contribution is 14.1. The zero-order chi connectivity index (χ0) is 14.5. The van der Waals surface area contributed by atoms with Crippen LogP contribution in [0.5, 0.6) is 0 Å². The number of aryl methyl sites for hydroxylation is 1. The van der Waals surface area contributed by atoms with Gasteiger partial charge in [0.2, 0.25) is 0 Å². The first-order valence-corrected chi connectivity index (χ1v) is 7.75. The summed E-state index contributed by atoms with van der Waals surface area (Å²) in [5.74, 6) is -0.00363. The summed E-state index contributed by atoms with van der Waals surface area (Å²) in [4.78, 5) is 12.2. The quantitative estimate of drug-likeness (QED) is 0.801. The summed E-state index contributed by atoms with van der Waals surface area (Å²) in [7, 11) is 0. The van der Waals surface area contributed by atoms with Crippen molar-refractivity contribution in [3.63, 3.8) is 0 Å². The molecule has 0 saturated heterocycles. The van der Waals surface area contributed by atoms with Crippen molar-refractivity contribution in [3.05, 3.63) is 68.8 Å². The summed E-state index contributed by atoms with van der Waals surface area (Å²) >= 11 is 2.19. The molecule has 0 fully saturated rings. The van der Waals surface area contributed by atoms with E-state index < -0.39 is 0 Å². The molecule has 3 heteroatoms. The van der Waals surface area contributed by atoms with Crippen molar-refractivity contribution in [2.45, 2.75) is 26.3 Å². The van der Waals surface area contributed by atoms with Crippen molar-refractivity contribution in [2.75, 3.05) is 0 Å². The average Bonchev–Trinajstić information content (AvgIpc) is 2.41. The molecule has 0 bridgehead atoms. The molecule has 0 spiro atoms. The van der Waals surface area contributed by atoms with E-state index in [1.807, 2.05) is 43.3 Å². The van der Waals surface area contributed by atoms with Crippen LogP contribution < -0.4 is 5.32 Å². The van der Waals surface area contributed by atoms with Crippen LogP contribution in [-0.4, -0.2) is 11.9 Å². The van der Waals surface area contributed by atoms with Crippen LogP contribution in [0.2, 0.25) is 0 Å². The molecule has 1 unspecified atom stereocenters. The van der Waals surface area contributed by atoms with Crippen molar-refractivity contribution >= 4 is 28.5 Å². The highest BCUT2D eigenvalue weighted by atomic mass is 127. The number of benzene rings is 2. The van der Waals surface area contributed by atoms with E-state index in [0.29, 0.717) is 0 Å². The fourth-order valence-electron chi connectivity index (χ4n) is 2.17. The molecular weight excluding hydrogens is 361 g/mol. The molecule has 104 valence electrons. The highest BCUT2D eigenvalue weighted by Gasteiger charge is 2.13. The molecule has 2 aromatic rings. The molecular formula is C17H18INO. The number of carbonyl (C=O) groups is 1. The standard InChI is InChI=1S/C17H18INO/c1-12-7-3-4-8-14(12)11-13(2)19-17(20)15-9-5-6-10-16(15)18/h3-10,13H,11H2,1-2H3,(H,19,20). The number of halogens is 1. The maximum absolute atomic E-state index is 12.2. The summed E-state index contributed by atoms with van der Waals surface area (Å²) in [6, 6.07) is 16.0. The van der Waals surface area contributed by atoms with E-state index in [1.165, 1.54) is 11.1 Å². The van der Waals surface area contributed by atoms with Gasteiger partial charge in [0.15, 0.2) is 0 Å². The SMILES string of the molecule is Cc1ccccc1CC(C)NC(=O)c1ccccc1I. The second-order valence-corrected chi connectivity index (χ2v) is 6.15. The van der Waals surface area contributed by atoms with Gasteiger partial charge in [0.1, 0.15) is 0 Å². The lowest BCUT2D eigenvalue weighted by molar-refractivity contribution is 0.0939. The van der Waals surface area contributed by atoms with Crippen molar-refractivity contribution in [3.8, 4) is 0 Å². The number of carbonyl (C=O) groups excluding carboxylic acids is 1. The maximum atomic E-state index is 12.2. The molecule has 2 rings (SSSR count). The number of hydrogen-bond acceptors (Lipinski definition) is 1. The third-order valence-corrected chi connectivity index (χ3v) is 4.22. The number of hydrogen-bond donors (Lipinski definition) is 1. The molecule has 0 aromatic heterocycles. The Labute approximate surface area is 133 Å². The smallest absolute Gasteiger partial charge is 0.252 e.